The lowest BCUT2D eigenvalue weighted by molar-refractivity contribution is 0.557. The van der Waals surface area contributed by atoms with Gasteiger partial charge in [-0.05, 0) is 17.4 Å². The highest BCUT2D eigenvalue weighted by Crippen LogP contribution is 2.27. The summed E-state index contributed by atoms with van der Waals surface area (Å²) in [5, 5.41) is 25.1. The Kier molecular flexibility index (Phi) is 1.79. The molecule has 0 spiro atoms. The van der Waals surface area contributed by atoms with Crippen molar-refractivity contribution in [1.82, 2.24) is 15.4 Å². The van der Waals surface area contributed by atoms with E-state index in [-0.39, 0.29) is 5.90 Å². The molecular formula is C10H7N5O. The summed E-state index contributed by atoms with van der Waals surface area (Å²) in [6, 6.07) is 3.72. The average molecular weight is 213 g/mol. The van der Waals surface area contributed by atoms with Gasteiger partial charge in [0.25, 0.3) is 0 Å². The summed E-state index contributed by atoms with van der Waals surface area (Å²) < 4.78 is 0. The lowest BCUT2D eigenvalue weighted by Crippen LogP contribution is -1.97. The summed E-state index contributed by atoms with van der Waals surface area (Å²) >= 11 is 0. The van der Waals surface area contributed by atoms with Crippen molar-refractivity contribution >= 4 is 28.6 Å². The predicted octanol–water partition coefficient (Wildman–Crippen LogP) is 1.33. The standard InChI is InChI=1S/C10H7N5O/c16-9-4-2-6-1-3-8-7(5-11-15-12-8)10(6)14-13-9/h1-5,14H,(H,13,16). The molecule has 0 unspecified atom stereocenters. The van der Waals surface area contributed by atoms with E-state index in [2.05, 4.69) is 25.9 Å². The number of anilines is 1. The van der Waals surface area contributed by atoms with Crippen molar-refractivity contribution in [2.45, 2.75) is 0 Å². The average Bonchev–Trinajstić information content (AvgIpc) is 2.52. The number of hydrogen-bond donors (Lipinski definition) is 2. The van der Waals surface area contributed by atoms with Gasteiger partial charge in [0.05, 0.1) is 17.4 Å². The van der Waals surface area contributed by atoms with E-state index in [1.54, 1.807) is 12.3 Å². The molecule has 1 aliphatic rings. The van der Waals surface area contributed by atoms with Crippen LogP contribution >= 0.6 is 0 Å². The maximum Gasteiger partial charge on any atom is 0.228 e. The Hall–Kier alpha value is -2.50. The summed E-state index contributed by atoms with van der Waals surface area (Å²) in [6.45, 7) is 0. The summed E-state index contributed by atoms with van der Waals surface area (Å²) in [6.07, 6.45) is 4.90. The first-order chi connectivity index (χ1) is 7.84. The molecule has 0 saturated carbocycles. The minimum atomic E-state index is -0.0701. The highest BCUT2D eigenvalue weighted by Gasteiger charge is 2.09. The van der Waals surface area contributed by atoms with Crippen molar-refractivity contribution in [2.24, 2.45) is 5.10 Å². The maximum absolute atomic E-state index is 9.29. The quantitative estimate of drug-likeness (QED) is 0.689. The number of benzene rings is 1. The van der Waals surface area contributed by atoms with Crippen LogP contribution in [-0.2, 0) is 0 Å². The normalized spacial score (nSPS) is 13.9. The van der Waals surface area contributed by atoms with Gasteiger partial charge >= 0.3 is 0 Å². The molecule has 0 atom stereocenters. The van der Waals surface area contributed by atoms with Crippen LogP contribution in [0.15, 0.2) is 29.5 Å². The third-order valence-corrected chi connectivity index (χ3v) is 2.34. The largest absolute Gasteiger partial charge is 0.492 e. The Morgan fingerprint density at radius 3 is 3.06 bits per heavy atom. The summed E-state index contributed by atoms with van der Waals surface area (Å²) in [4.78, 5) is 0. The topological polar surface area (TPSA) is 83.3 Å². The van der Waals surface area contributed by atoms with Crippen LogP contribution < -0.4 is 5.43 Å². The first-order valence-corrected chi connectivity index (χ1v) is 4.66. The second-order valence-electron chi connectivity index (χ2n) is 3.31. The van der Waals surface area contributed by atoms with Gasteiger partial charge in [0, 0.05) is 17.0 Å². The van der Waals surface area contributed by atoms with E-state index < -0.39 is 0 Å². The molecule has 1 aliphatic heterocycles. The first-order valence-electron chi connectivity index (χ1n) is 4.66. The molecule has 0 saturated heterocycles. The molecule has 6 nitrogen and oxygen atoms in total. The van der Waals surface area contributed by atoms with Crippen molar-refractivity contribution in [1.29, 1.82) is 0 Å². The van der Waals surface area contributed by atoms with Crippen LogP contribution in [0.25, 0.3) is 17.0 Å². The molecule has 2 N–H and O–H groups in total. The number of nitrogens with zero attached hydrogens (tertiary/aromatic N) is 4. The van der Waals surface area contributed by atoms with Gasteiger partial charge in [-0.3, -0.25) is 5.43 Å². The fraction of sp³-hybridized carbons (Fsp3) is 0. The van der Waals surface area contributed by atoms with Crippen molar-refractivity contribution in [3.63, 3.8) is 0 Å². The summed E-state index contributed by atoms with van der Waals surface area (Å²) in [5.41, 5.74) is 5.19. The predicted molar refractivity (Wildman–Crippen MR) is 60.1 cm³/mol. The second-order valence-corrected chi connectivity index (χ2v) is 3.31. The highest BCUT2D eigenvalue weighted by atomic mass is 16.3. The van der Waals surface area contributed by atoms with Gasteiger partial charge in [0.1, 0.15) is 0 Å². The van der Waals surface area contributed by atoms with Gasteiger partial charge in [-0.25, -0.2) is 0 Å². The molecule has 0 bridgehead atoms. The van der Waals surface area contributed by atoms with Crippen LogP contribution in [0.4, 0.5) is 5.69 Å². The van der Waals surface area contributed by atoms with Crippen molar-refractivity contribution in [3.05, 3.63) is 30.0 Å². The lowest BCUT2D eigenvalue weighted by Gasteiger charge is -2.06. The molecule has 2 aromatic rings. The van der Waals surface area contributed by atoms with Crippen molar-refractivity contribution in [3.8, 4) is 0 Å². The van der Waals surface area contributed by atoms with E-state index >= 15 is 0 Å². The molecule has 3 rings (SSSR count). The van der Waals surface area contributed by atoms with Crippen LogP contribution in [0.5, 0.6) is 0 Å². The monoisotopic (exact) mass is 213 g/mol. The third kappa shape index (κ3) is 1.28. The Morgan fingerprint density at radius 2 is 2.12 bits per heavy atom. The molecule has 78 valence electrons. The maximum atomic E-state index is 9.29. The van der Waals surface area contributed by atoms with Crippen LogP contribution in [0.3, 0.4) is 0 Å². The molecule has 16 heavy (non-hydrogen) atoms. The molecule has 1 aromatic carbocycles. The van der Waals surface area contributed by atoms with Crippen LogP contribution in [-0.4, -0.2) is 26.4 Å². The van der Waals surface area contributed by atoms with Crippen LogP contribution in [0, 0.1) is 0 Å². The van der Waals surface area contributed by atoms with Gasteiger partial charge in [0.15, 0.2) is 0 Å². The number of aliphatic hydroxyl groups is 1. The van der Waals surface area contributed by atoms with Gasteiger partial charge in [-0.2, -0.15) is 0 Å². The first kappa shape index (κ1) is 8.78. The van der Waals surface area contributed by atoms with Crippen LogP contribution in [0.2, 0.25) is 0 Å². The second kappa shape index (κ2) is 3.27. The van der Waals surface area contributed by atoms with E-state index in [1.807, 2.05) is 12.1 Å². The molecule has 0 fully saturated rings. The molecule has 0 radical (unpaired) electrons. The zero-order valence-corrected chi connectivity index (χ0v) is 8.12. The number of aromatic nitrogens is 3. The fourth-order valence-electron chi connectivity index (χ4n) is 1.58. The molecule has 0 aliphatic carbocycles. The zero-order valence-electron chi connectivity index (χ0n) is 8.12. The summed E-state index contributed by atoms with van der Waals surface area (Å²) in [7, 11) is 0. The van der Waals surface area contributed by atoms with Crippen LogP contribution in [0.1, 0.15) is 5.56 Å². The van der Waals surface area contributed by atoms with E-state index in [0.29, 0.717) is 0 Å². The molecule has 2 heterocycles. The fourth-order valence-corrected chi connectivity index (χ4v) is 1.58. The Bertz CT molecular complexity index is 620. The number of aliphatic hydroxyl groups excluding tert-OH is 1. The number of fused-ring (bicyclic) bond motifs is 3. The van der Waals surface area contributed by atoms with Gasteiger partial charge in [-0.15, -0.1) is 15.3 Å². The minimum Gasteiger partial charge on any atom is -0.492 e. The summed E-state index contributed by atoms with van der Waals surface area (Å²) in [5.74, 6) is -0.0701. The number of hydrogen-bond acceptors (Lipinski definition) is 5. The number of rotatable bonds is 0. The number of hydrazone groups is 1. The molecule has 6 heteroatoms. The Balaban J connectivity index is 2.32. The third-order valence-electron chi connectivity index (χ3n) is 2.34. The van der Waals surface area contributed by atoms with E-state index in [0.717, 1.165) is 22.2 Å². The smallest absolute Gasteiger partial charge is 0.228 e. The van der Waals surface area contributed by atoms with E-state index in [9.17, 15) is 5.11 Å². The van der Waals surface area contributed by atoms with Crippen molar-refractivity contribution in [2.75, 3.05) is 5.43 Å². The Labute approximate surface area is 90.3 Å². The molecular weight excluding hydrogens is 206 g/mol. The van der Waals surface area contributed by atoms with E-state index in [1.165, 1.54) is 6.08 Å². The van der Waals surface area contributed by atoms with Crippen molar-refractivity contribution < 1.29 is 5.11 Å². The number of nitrogens with one attached hydrogen (secondary N) is 1. The van der Waals surface area contributed by atoms with Gasteiger partial charge < -0.3 is 5.11 Å². The highest BCUT2D eigenvalue weighted by molar-refractivity contribution is 6.00. The molecule has 1 aromatic heterocycles. The Morgan fingerprint density at radius 1 is 1.19 bits per heavy atom. The SMILES string of the molecule is OC1=NNc2c(ccc3nnncc23)C=C1. The van der Waals surface area contributed by atoms with Gasteiger partial charge in [0.2, 0.25) is 5.90 Å². The van der Waals surface area contributed by atoms with E-state index in [4.69, 9.17) is 0 Å². The zero-order chi connectivity index (χ0) is 11.0. The lowest BCUT2D eigenvalue weighted by atomic mass is 10.1. The molecule has 0 amide bonds. The van der Waals surface area contributed by atoms with Gasteiger partial charge in [-0.1, -0.05) is 6.07 Å². The minimum absolute atomic E-state index is 0.0701.